The number of fused-ring (bicyclic) bond motifs is 1. The lowest BCUT2D eigenvalue weighted by atomic mass is 10.1. The van der Waals surface area contributed by atoms with E-state index in [1.165, 1.54) is 0 Å². The van der Waals surface area contributed by atoms with Crippen LogP contribution in [0.4, 0.5) is 5.69 Å². The number of amides is 2. The molecule has 2 aromatic carbocycles. The molecule has 1 aliphatic carbocycles. The molecule has 1 N–H and O–H groups in total. The summed E-state index contributed by atoms with van der Waals surface area (Å²) in [5, 5.41) is 7.56. The minimum absolute atomic E-state index is 0.0674. The standard InChI is InChI=1S/C24H25N5O2/c1-16-23-26-22(18-5-3-2-4-6-18)27-29(23)14-13-28(16)21(30)15-17-7-11-20(12-8-17)25-24(31)19-9-10-19/h2-8,11-12,16,19H,9-10,13-15H2,1H3,(H,25,31)/t16-/m0/s1. The van der Waals surface area contributed by atoms with Crippen LogP contribution in [0.1, 0.15) is 37.2 Å². The van der Waals surface area contributed by atoms with E-state index in [-0.39, 0.29) is 23.8 Å². The lowest BCUT2D eigenvalue weighted by Crippen LogP contribution is -2.42. The van der Waals surface area contributed by atoms with Gasteiger partial charge in [-0.25, -0.2) is 9.67 Å². The molecule has 2 heterocycles. The van der Waals surface area contributed by atoms with Gasteiger partial charge in [-0.05, 0) is 37.5 Å². The smallest absolute Gasteiger partial charge is 0.227 e. The second kappa shape index (κ2) is 7.98. The molecule has 1 atom stereocenters. The molecule has 2 amide bonds. The third-order valence-corrected chi connectivity index (χ3v) is 5.97. The van der Waals surface area contributed by atoms with E-state index in [1.54, 1.807) is 0 Å². The molecule has 0 unspecified atom stereocenters. The maximum atomic E-state index is 13.0. The van der Waals surface area contributed by atoms with Crippen LogP contribution in [0.5, 0.6) is 0 Å². The molecule has 1 fully saturated rings. The van der Waals surface area contributed by atoms with Gasteiger partial charge < -0.3 is 10.2 Å². The molecule has 5 rings (SSSR count). The first-order valence-electron chi connectivity index (χ1n) is 10.8. The second-order valence-electron chi connectivity index (χ2n) is 8.28. The number of carbonyl (C=O) groups is 2. The molecular weight excluding hydrogens is 390 g/mol. The van der Waals surface area contributed by atoms with Crippen molar-refractivity contribution in [2.45, 2.75) is 38.8 Å². The van der Waals surface area contributed by atoms with Gasteiger partial charge in [0.1, 0.15) is 5.82 Å². The van der Waals surface area contributed by atoms with Crippen LogP contribution < -0.4 is 5.32 Å². The molecule has 1 saturated carbocycles. The van der Waals surface area contributed by atoms with Crippen molar-refractivity contribution in [3.05, 3.63) is 66.0 Å². The molecule has 158 valence electrons. The highest BCUT2D eigenvalue weighted by molar-refractivity contribution is 5.94. The van der Waals surface area contributed by atoms with E-state index in [4.69, 9.17) is 4.98 Å². The second-order valence-corrected chi connectivity index (χ2v) is 8.28. The van der Waals surface area contributed by atoms with Gasteiger partial charge in [-0.3, -0.25) is 9.59 Å². The zero-order valence-corrected chi connectivity index (χ0v) is 17.5. The van der Waals surface area contributed by atoms with Crippen LogP contribution >= 0.6 is 0 Å². The van der Waals surface area contributed by atoms with E-state index in [9.17, 15) is 9.59 Å². The summed E-state index contributed by atoms with van der Waals surface area (Å²) in [6.07, 6.45) is 2.28. The third-order valence-electron chi connectivity index (χ3n) is 5.97. The lowest BCUT2D eigenvalue weighted by molar-refractivity contribution is -0.133. The van der Waals surface area contributed by atoms with E-state index >= 15 is 0 Å². The Morgan fingerprint density at radius 1 is 1.03 bits per heavy atom. The van der Waals surface area contributed by atoms with E-state index in [1.807, 2.05) is 71.1 Å². The predicted molar refractivity (Wildman–Crippen MR) is 117 cm³/mol. The van der Waals surface area contributed by atoms with Crippen molar-refractivity contribution < 1.29 is 9.59 Å². The molecule has 0 radical (unpaired) electrons. The molecule has 2 aliphatic rings. The van der Waals surface area contributed by atoms with Gasteiger partial charge in [0.05, 0.1) is 19.0 Å². The number of hydrogen-bond donors (Lipinski definition) is 1. The monoisotopic (exact) mass is 415 g/mol. The number of rotatable bonds is 5. The summed E-state index contributed by atoms with van der Waals surface area (Å²) >= 11 is 0. The molecule has 7 heteroatoms. The molecular formula is C24H25N5O2. The summed E-state index contributed by atoms with van der Waals surface area (Å²) in [4.78, 5) is 31.5. The quantitative estimate of drug-likeness (QED) is 0.692. The van der Waals surface area contributed by atoms with Crippen LogP contribution in [0.3, 0.4) is 0 Å². The number of hydrogen-bond acceptors (Lipinski definition) is 4. The van der Waals surface area contributed by atoms with E-state index in [0.29, 0.717) is 25.3 Å². The minimum Gasteiger partial charge on any atom is -0.331 e. The van der Waals surface area contributed by atoms with Crippen molar-refractivity contribution in [1.29, 1.82) is 0 Å². The fourth-order valence-corrected chi connectivity index (χ4v) is 3.99. The topological polar surface area (TPSA) is 80.1 Å². The van der Waals surface area contributed by atoms with Crippen molar-refractivity contribution in [3.63, 3.8) is 0 Å². The maximum Gasteiger partial charge on any atom is 0.227 e. The summed E-state index contributed by atoms with van der Waals surface area (Å²) in [6, 6.07) is 17.3. The highest BCUT2D eigenvalue weighted by atomic mass is 16.2. The summed E-state index contributed by atoms with van der Waals surface area (Å²) in [6.45, 7) is 3.25. The summed E-state index contributed by atoms with van der Waals surface area (Å²) in [7, 11) is 0. The molecule has 7 nitrogen and oxygen atoms in total. The van der Waals surface area contributed by atoms with Gasteiger partial charge in [-0.2, -0.15) is 5.10 Å². The fraction of sp³-hybridized carbons (Fsp3) is 0.333. The van der Waals surface area contributed by atoms with Crippen molar-refractivity contribution in [2.24, 2.45) is 5.92 Å². The molecule has 31 heavy (non-hydrogen) atoms. The number of nitrogens with zero attached hydrogens (tertiary/aromatic N) is 4. The number of nitrogens with one attached hydrogen (secondary N) is 1. The Morgan fingerprint density at radius 2 is 1.77 bits per heavy atom. The Bertz CT molecular complexity index is 1100. The summed E-state index contributed by atoms with van der Waals surface area (Å²) in [5.74, 6) is 1.84. The highest BCUT2D eigenvalue weighted by Gasteiger charge is 2.31. The first kappa shape index (κ1) is 19.5. The van der Waals surface area contributed by atoms with Crippen molar-refractivity contribution in [3.8, 4) is 11.4 Å². The summed E-state index contributed by atoms with van der Waals surface area (Å²) in [5.41, 5.74) is 2.68. The SMILES string of the molecule is C[C@H]1c2nc(-c3ccccc3)nn2CCN1C(=O)Cc1ccc(NC(=O)C2CC2)cc1. The Morgan fingerprint density at radius 3 is 2.48 bits per heavy atom. The number of aromatic nitrogens is 3. The highest BCUT2D eigenvalue weighted by Crippen LogP contribution is 2.30. The first-order valence-corrected chi connectivity index (χ1v) is 10.8. The van der Waals surface area contributed by atoms with Crippen LogP contribution in [-0.2, 0) is 22.6 Å². The molecule has 3 aromatic rings. The average molecular weight is 415 g/mol. The van der Waals surface area contributed by atoms with Crippen molar-refractivity contribution in [1.82, 2.24) is 19.7 Å². The molecule has 0 spiro atoms. The summed E-state index contributed by atoms with van der Waals surface area (Å²) < 4.78 is 1.91. The third kappa shape index (κ3) is 4.08. The molecule has 0 bridgehead atoms. The van der Waals surface area contributed by atoms with Gasteiger partial charge in [-0.15, -0.1) is 0 Å². The Labute approximate surface area is 181 Å². The molecule has 1 aliphatic heterocycles. The number of carbonyl (C=O) groups excluding carboxylic acids is 2. The average Bonchev–Trinajstić information content (AvgIpc) is 3.55. The lowest BCUT2D eigenvalue weighted by Gasteiger charge is -2.33. The van der Waals surface area contributed by atoms with E-state index in [2.05, 4.69) is 10.4 Å². The Balaban J connectivity index is 1.25. The van der Waals surface area contributed by atoms with Gasteiger partial charge in [0.15, 0.2) is 5.82 Å². The normalized spacial score (nSPS) is 17.8. The zero-order valence-electron chi connectivity index (χ0n) is 17.5. The number of anilines is 1. The Hall–Kier alpha value is -3.48. The van der Waals surface area contributed by atoms with Gasteiger partial charge in [0, 0.05) is 23.7 Å². The number of benzene rings is 2. The van der Waals surface area contributed by atoms with Crippen molar-refractivity contribution >= 4 is 17.5 Å². The van der Waals surface area contributed by atoms with Gasteiger partial charge >= 0.3 is 0 Å². The maximum absolute atomic E-state index is 13.0. The van der Waals surface area contributed by atoms with E-state index < -0.39 is 0 Å². The van der Waals surface area contributed by atoms with E-state index in [0.717, 1.165) is 35.5 Å². The van der Waals surface area contributed by atoms with Gasteiger partial charge in [0.2, 0.25) is 11.8 Å². The van der Waals surface area contributed by atoms with Crippen LogP contribution in [0.15, 0.2) is 54.6 Å². The van der Waals surface area contributed by atoms with Crippen LogP contribution in [0.2, 0.25) is 0 Å². The van der Waals surface area contributed by atoms with Crippen LogP contribution in [-0.4, -0.2) is 38.0 Å². The van der Waals surface area contributed by atoms with Crippen molar-refractivity contribution in [2.75, 3.05) is 11.9 Å². The Kier molecular flexibility index (Phi) is 5.02. The fourth-order valence-electron chi connectivity index (χ4n) is 3.99. The first-order chi connectivity index (χ1) is 15.1. The molecule has 1 aromatic heterocycles. The van der Waals surface area contributed by atoms with Crippen LogP contribution in [0.25, 0.3) is 11.4 Å². The zero-order chi connectivity index (χ0) is 21.4. The van der Waals surface area contributed by atoms with Gasteiger partial charge in [-0.1, -0.05) is 42.5 Å². The molecule has 0 saturated heterocycles. The van der Waals surface area contributed by atoms with Crippen LogP contribution in [0, 0.1) is 5.92 Å². The largest absolute Gasteiger partial charge is 0.331 e. The predicted octanol–water partition coefficient (Wildman–Crippen LogP) is 3.44. The van der Waals surface area contributed by atoms with Gasteiger partial charge in [0.25, 0.3) is 0 Å². The minimum atomic E-state index is -0.136.